The molecular weight excluding hydrogens is 445 g/mol. The predicted octanol–water partition coefficient (Wildman–Crippen LogP) is 5.48. The number of hydrogen-bond acceptors (Lipinski definition) is 4. The largest absolute Gasteiger partial charge is 0.353 e. The van der Waals surface area contributed by atoms with Crippen LogP contribution in [-0.2, 0) is 4.79 Å². The maximum absolute atomic E-state index is 15.5. The van der Waals surface area contributed by atoms with E-state index in [9.17, 15) is 4.79 Å². The summed E-state index contributed by atoms with van der Waals surface area (Å²) in [5.41, 5.74) is 2.53. The lowest BCUT2D eigenvalue weighted by Crippen LogP contribution is -2.54. The second-order valence-electron chi connectivity index (χ2n) is 10.7. The molecule has 0 radical (unpaired) electrons. The number of aliphatic imine (C=N–C) groups is 1. The van der Waals surface area contributed by atoms with Crippen LogP contribution < -0.4 is 0 Å². The molecule has 0 N–H and O–H groups in total. The van der Waals surface area contributed by atoms with Crippen molar-refractivity contribution < 1.29 is 9.18 Å². The fourth-order valence-corrected chi connectivity index (χ4v) is 6.46. The number of benzene rings is 2. The van der Waals surface area contributed by atoms with Crippen LogP contribution in [0.2, 0.25) is 0 Å². The smallest absolute Gasteiger partial charge is 0.225 e. The first-order valence-electron chi connectivity index (χ1n) is 12.4. The van der Waals surface area contributed by atoms with E-state index in [1.807, 2.05) is 17.0 Å². The molecule has 2 aliphatic heterocycles. The van der Waals surface area contributed by atoms with E-state index in [1.165, 1.54) is 15.0 Å². The van der Waals surface area contributed by atoms with Crippen molar-refractivity contribution in [2.45, 2.75) is 38.1 Å². The lowest BCUT2D eigenvalue weighted by Gasteiger charge is -2.41. The van der Waals surface area contributed by atoms with Crippen LogP contribution in [0.3, 0.4) is 0 Å². The molecule has 1 aromatic heterocycles. The fraction of sp³-hybridized carbons (Fsp3) is 0.429. The molecule has 1 spiro atoms. The van der Waals surface area contributed by atoms with Crippen LogP contribution in [0.4, 0.5) is 4.39 Å². The van der Waals surface area contributed by atoms with E-state index in [0.29, 0.717) is 17.4 Å². The molecular formula is C28H28FN3OS. The minimum Gasteiger partial charge on any atom is -0.353 e. The predicted molar refractivity (Wildman–Crippen MR) is 135 cm³/mol. The zero-order chi connectivity index (χ0) is 23.0. The molecule has 7 rings (SSSR count). The summed E-state index contributed by atoms with van der Waals surface area (Å²) in [5, 5.41) is 1.21. The Morgan fingerprint density at radius 3 is 2.62 bits per heavy atom. The topological polar surface area (TPSA) is 35.9 Å². The summed E-state index contributed by atoms with van der Waals surface area (Å²) in [5.74, 6) is 1.67. The molecule has 4 nitrogen and oxygen atoms in total. The van der Waals surface area contributed by atoms with Crippen molar-refractivity contribution >= 4 is 33.2 Å². The summed E-state index contributed by atoms with van der Waals surface area (Å²) in [6.45, 7) is 5.51. The first kappa shape index (κ1) is 20.6. The average Bonchev–Trinajstić information content (AvgIpc) is 3.69. The van der Waals surface area contributed by atoms with Crippen LogP contribution in [0.15, 0.2) is 47.5 Å². The lowest BCUT2D eigenvalue weighted by atomic mass is 9.97. The molecule has 4 aliphatic rings. The number of aryl methyl sites for hydroxylation is 1. The first-order valence-corrected chi connectivity index (χ1v) is 13.2. The van der Waals surface area contributed by atoms with Crippen molar-refractivity contribution in [2.24, 2.45) is 16.8 Å². The first-order chi connectivity index (χ1) is 16.5. The molecule has 3 aromatic rings. The monoisotopic (exact) mass is 473 g/mol. The second kappa shape index (κ2) is 7.38. The van der Waals surface area contributed by atoms with Crippen molar-refractivity contribution in [1.29, 1.82) is 0 Å². The van der Waals surface area contributed by atoms with Gasteiger partial charge in [-0.1, -0.05) is 12.1 Å². The Morgan fingerprint density at radius 2 is 1.88 bits per heavy atom. The molecule has 2 saturated carbocycles. The van der Waals surface area contributed by atoms with Gasteiger partial charge >= 0.3 is 0 Å². The van der Waals surface area contributed by atoms with Crippen molar-refractivity contribution in [3.8, 4) is 11.1 Å². The number of likely N-dealkylation sites (tertiary alicyclic amines) is 1. The summed E-state index contributed by atoms with van der Waals surface area (Å²) < 4.78 is 16.8. The fourth-order valence-electron chi connectivity index (χ4n) is 5.55. The highest BCUT2D eigenvalue weighted by atomic mass is 32.1. The van der Waals surface area contributed by atoms with E-state index >= 15 is 4.39 Å². The van der Waals surface area contributed by atoms with E-state index < -0.39 is 0 Å². The van der Waals surface area contributed by atoms with E-state index in [1.54, 1.807) is 17.4 Å². The van der Waals surface area contributed by atoms with Crippen LogP contribution in [-0.4, -0.2) is 53.3 Å². The van der Waals surface area contributed by atoms with E-state index in [4.69, 9.17) is 4.99 Å². The number of halogens is 1. The van der Waals surface area contributed by atoms with Crippen LogP contribution >= 0.6 is 11.3 Å². The molecule has 0 bridgehead atoms. The molecule has 1 amide bonds. The van der Waals surface area contributed by atoms with Gasteiger partial charge in [0, 0.05) is 47.6 Å². The number of carbonyl (C=O) groups excluding carboxylic acids is 1. The van der Waals surface area contributed by atoms with Gasteiger partial charge in [-0.05, 0) is 79.5 Å². The highest BCUT2D eigenvalue weighted by Crippen LogP contribution is 2.45. The number of amidine groups is 1. The molecule has 1 saturated heterocycles. The third-order valence-corrected chi connectivity index (χ3v) is 8.84. The maximum Gasteiger partial charge on any atom is 0.225 e. The number of carbonyl (C=O) groups is 1. The zero-order valence-electron chi connectivity index (χ0n) is 19.4. The normalized spacial score (nSPS) is 21.3. The van der Waals surface area contributed by atoms with Gasteiger partial charge in [-0.25, -0.2) is 4.39 Å². The molecule has 3 fully saturated rings. The van der Waals surface area contributed by atoms with Crippen molar-refractivity contribution in [3.63, 3.8) is 0 Å². The molecule has 0 atom stereocenters. The minimum atomic E-state index is -0.209. The van der Waals surface area contributed by atoms with Gasteiger partial charge in [0.1, 0.15) is 11.7 Å². The van der Waals surface area contributed by atoms with Gasteiger partial charge in [0.05, 0.1) is 11.1 Å². The number of amides is 1. The Morgan fingerprint density at radius 1 is 1.12 bits per heavy atom. The van der Waals surface area contributed by atoms with Gasteiger partial charge in [-0.3, -0.25) is 9.79 Å². The van der Waals surface area contributed by atoms with Crippen molar-refractivity contribution in [3.05, 3.63) is 58.7 Å². The van der Waals surface area contributed by atoms with Gasteiger partial charge < -0.3 is 9.80 Å². The van der Waals surface area contributed by atoms with Crippen LogP contribution in [0, 0.1) is 24.6 Å². The highest BCUT2D eigenvalue weighted by Gasteiger charge is 2.50. The number of thiophene rings is 1. The summed E-state index contributed by atoms with van der Waals surface area (Å²) in [6, 6.07) is 14.1. The Kier molecular flexibility index (Phi) is 4.48. The van der Waals surface area contributed by atoms with E-state index in [-0.39, 0.29) is 17.3 Å². The SMILES string of the molecule is Cc1cc2cc(-c3ccc(C4=NC5(CC5)CN4CC4CN(C(=O)C5CC5)C4)c(F)c3)ccc2s1. The average molecular weight is 474 g/mol. The van der Waals surface area contributed by atoms with Crippen LogP contribution in [0.25, 0.3) is 21.2 Å². The Hall–Kier alpha value is -2.73. The summed E-state index contributed by atoms with van der Waals surface area (Å²) >= 11 is 1.78. The Bertz CT molecular complexity index is 1350. The minimum absolute atomic E-state index is 0.00441. The zero-order valence-corrected chi connectivity index (χ0v) is 20.2. The lowest BCUT2D eigenvalue weighted by molar-refractivity contribution is -0.139. The Balaban J connectivity index is 1.12. The summed E-state index contributed by atoms with van der Waals surface area (Å²) in [4.78, 5) is 22.9. The third-order valence-electron chi connectivity index (χ3n) is 7.81. The van der Waals surface area contributed by atoms with Crippen LogP contribution in [0.1, 0.15) is 36.1 Å². The quantitative estimate of drug-likeness (QED) is 0.492. The van der Waals surface area contributed by atoms with Gasteiger partial charge in [0.15, 0.2) is 0 Å². The van der Waals surface area contributed by atoms with Gasteiger partial charge in [0.2, 0.25) is 5.91 Å². The summed E-state index contributed by atoms with van der Waals surface area (Å²) in [6.07, 6.45) is 4.29. The molecule has 2 aliphatic carbocycles. The Labute approximate surface area is 203 Å². The van der Waals surface area contributed by atoms with Gasteiger partial charge in [-0.2, -0.15) is 0 Å². The number of fused-ring (bicyclic) bond motifs is 1. The molecule has 0 unspecified atom stereocenters. The maximum atomic E-state index is 15.5. The van der Waals surface area contributed by atoms with Crippen LogP contribution in [0.5, 0.6) is 0 Å². The number of hydrogen-bond donors (Lipinski definition) is 0. The molecule has 3 heterocycles. The molecule has 34 heavy (non-hydrogen) atoms. The highest BCUT2D eigenvalue weighted by molar-refractivity contribution is 7.19. The van der Waals surface area contributed by atoms with Crippen molar-refractivity contribution in [1.82, 2.24) is 9.80 Å². The van der Waals surface area contributed by atoms with Gasteiger partial charge in [-0.15, -0.1) is 11.3 Å². The van der Waals surface area contributed by atoms with Gasteiger partial charge in [0.25, 0.3) is 0 Å². The molecule has 174 valence electrons. The van der Waals surface area contributed by atoms with E-state index in [2.05, 4.69) is 36.1 Å². The number of rotatable bonds is 5. The third kappa shape index (κ3) is 3.54. The second-order valence-corrected chi connectivity index (χ2v) is 12.0. The standard InChI is InChI=1S/C28H28FN3OS/c1-17-10-22-11-20(5-7-25(22)34-17)21-4-6-23(24(29)12-21)26-30-28(8-9-28)16-32(26)15-18-13-31(14-18)27(33)19-2-3-19/h4-7,10-12,18-19H,2-3,8-9,13-16H2,1H3. The summed E-state index contributed by atoms with van der Waals surface area (Å²) in [7, 11) is 0. The molecule has 6 heteroatoms. The molecule has 2 aromatic carbocycles. The van der Waals surface area contributed by atoms with E-state index in [0.717, 1.165) is 68.8 Å². The van der Waals surface area contributed by atoms with Crippen molar-refractivity contribution in [2.75, 3.05) is 26.2 Å². The number of nitrogens with zero attached hydrogens (tertiary/aromatic N) is 3.